The van der Waals surface area contributed by atoms with Gasteiger partial charge in [0.05, 0.1) is 29.1 Å². The molecule has 4 rings (SSSR count). The zero-order valence-electron chi connectivity index (χ0n) is 15.3. The van der Waals surface area contributed by atoms with Crippen LogP contribution in [0.2, 0.25) is 5.02 Å². The lowest BCUT2D eigenvalue weighted by atomic mass is 10.1. The molecule has 2 aromatic carbocycles. The van der Waals surface area contributed by atoms with E-state index in [0.717, 1.165) is 23.8 Å². The molecule has 0 aliphatic rings. The second kappa shape index (κ2) is 7.66. The summed E-state index contributed by atoms with van der Waals surface area (Å²) in [6.07, 6.45) is -2.86. The molecule has 1 N–H and O–H groups in total. The fourth-order valence-electron chi connectivity index (χ4n) is 2.85. The van der Waals surface area contributed by atoms with Gasteiger partial charge in [-0.15, -0.1) is 11.3 Å². The summed E-state index contributed by atoms with van der Waals surface area (Å²) in [6.45, 7) is 0. The van der Waals surface area contributed by atoms with Crippen molar-refractivity contribution in [2.24, 2.45) is 0 Å². The van der Waals surface area contributed by atoms with Gasteiger partial charge in [0, 0.05) is 17.1 Å². The smallest absolute Gasteiger partial charge is 0.416 e. The number of carbonyl (C=O) groups is 1. The average Bonchev–Trinajstić information content (AvgIpc) is 3.29. The number of benzene rings is 2. The van der Waals surface area contributed by atoms with Gasteiger partial charge in [-0.25, -0.2) is 4.98 Å². The minimum absolute atomic E-state index is 0.00512. The first-order chi connectivity index (χ1) is 14.3. The van der Waals surface area contributed by atoms with Gasteiger partial charge in [-0.3, -0.25) is 9.20 Å². The number of halogens is 4. The molecule has 0 bridgehead atoms. The summed E-state index contributed by atoms with van der Waals surface area (Å²) in [5, 5.41) is 4.03. The number of rotatable bonds is 4. The van der Waals surface area contributed by atoms with E-state index in [2.05, 4.69) is 10.3 Å². The second-order valence-electron chi connectivity index (χ2n) is 6.28. The molecule has 0 saturated heterocycles. The van der Waals surface area contributed by atoms with Gasteiger partial charge < -0.3 is 10.1 Å². The topological polar surface area (TPSA) is 55.6 Å². The monoisotopic (exact) mass is 451 g/mol. The standard InChI is InChI=1S/C20H13ClF3N3O2S/c1-29-13-4-2-3-11(7-13)16-9-27-17(10-30-19(27)26-16)18(28)25-15-8-12(20(22,23)24)5-6-14(15)21/h2-10H,1H3,(H,25,28). The van der Waals surface area contributed by atoms with Crippen LogP contribution in [0.1, 0.15) is 16.1 Å². The molecular formula is C20H13ClF3N3O2S. The number of nitrogens with zero attached hydrogens (tertiary/aromatic N) is 2. The van der Waals surface area contributed by atoms with Crippen molar-refractivity contribution < 1.29 is 22.7 Å². The van der Waals surface area contributed by atoms with Crippen molar-refractivity contribution in [1.29, 1.82) is 0 Å². The number of nitrogens with one attached hydrogen (secondary N) is 1. The molecule has 0 saturated carbocycles. The number of anilines is 1. The second-order valence-corrected chi connectivity index (χ2v) is 7.52. The molecule has 10 heteroatoms. The summed E-state index contributed by atoms with van der Waals surface area (Å²) in [5.74, 6) is 0.0677. The first kappa shape index (κ1) is 20.2. The number of methoxy groups -OCH3 is 1. The molecule has 0 radical (unpaired) electrons. The normalized spacial score (nSPS) is 11.6. The van der Waals surface area contributed by atoms with Crippen LogP contribution in [0.15, 0.2) is 54.0 Å². The van der Waals surface area contributed by atoms with E-state index >= 15 is 0 Å². The van der Waals surface area contributed by atoms with Crippen LogP contribution in [0.4, 0.5) is 18.9 Å². The highest BCUT2D eigenvalue weighted by atomic mass is 35.5. The summed E-state index contributed by atoms with van der Waals surface area (Å²) < 4.78 is 45.7. The molecule has 30 heavy (non-hydrogen) atoms. The third kappa shape index (κ3) is 3.86. The number of ether oxygens (including phenoxy) is 1. The van der Waals surface area contributed by atoms with Gasteiger partial charge in [0.2, 0.25) is 0 Å². The van der Waals surface area contributed by atoms with E-state index in [4.69, 9.17) is 16.3 Å². The van der Waals surface area contributed by atoms with Gasteiger partial charge in [0.25, 0.3) is 5.91 Å². The molecule has 0 atom stereocenters. The number of thiazole rings is 1. The highest BCUT2D eigenvalue weighted by molar-refractivity contribution is 7.15. The van der Waals surface area contributed by atoms with Crippen LogP contribution in [-0.2, 0) is 6.18 Å². The van der Waals surface area contributed by atoms with Gasteiger partial charge in [-0.2, -0.15) is 13.2 Å². The maximum absolute atomic E-state index is 13.0. The lowest BCUT2D eigenvalue weighted by Gasteiger charge is -2.11. The number of aromatic nitrogens is 2. The Kier molecular flexibility index (Phi) is 5.17. The Morgan fingerprint density at radius 2 is 2.03 bits per heavy atom. The van der Waals surface area contributed by atoms with E-state index in [1.54, 1.807) is 29.2 Å². The summed E-state index contributed by atoms with van der Waals surface area (Å²) in [5.41, 5.74) is 0.638. The molecule has 0 fully saturated rings. The number of amides is 1. The predicted molar refractivity (Wildman–Crippen MR) is 109 cm³/mol. The number of fused-ring (bicyclic) bond motifs is 1. The molecular weight excluding hydrogens is 439 g/mol. The van der Waals surface area contributed by atoms with Gasteiger partial charge in [-0.1, -0.05) is 23.7 Å². The Hall–Kier alpha value is -3.04. The van der Waals surface area contributed by atoms with Gasteiger partial charge in [0.1, 0.15) is 11.4 Å². The van der Waals surface area contributed by atoms with Crippen LogP contribution >= 0.6 is 22.9 Å². The summed E-state index contributed by atoms with van der Waals surface area (Å²) in [4.78, 5) is 17.8. The van der Waals surface area contributed by atoms with Crippen LogP contribution in [0.5, 0.6) is 5.75 Å². The first-order valence-electron chi connectivity index (χ1n) is 8.55. The van der Waals surface area contributed by atoms with Crippen LogP contribution in [0, 0.1) is 0 Å². The number of alkyl halides is 3. The first-order valence-corrected chi connectivity index (χ1v) is 9.81. The molecule has 2 heterocycles. The summed E-state index contributed by atoms with van der Waals surface area (Å²) in [7, 11) is 1.56. The molecule has 1 amide bonds. The van der Waals surface area contributed by atoms with Crippen molar-refractivity contribution in [3.63, 3.8) is 0 Å². The molecule has 0 unspecified atom stereocenters. The molecule has 0 spiro atoms. The fraction of sp³-hybridized carbons (Fsp3) is 0.100. The van der Waals surface area contributed by atoms with Crippen molar-refractivity contribution in [2.75, 3.05) is 12.4 Å². The maximum Gasteiger partial charge on any atom is 0.416 e. The zero-order chi connectivity index (χ0) is 21.5. The average molecular weight is 452 g/mol. The minimum atomic E-state index is -4.55. The van der Waals surface area contributed by atoms with Crippen molar-refractivity contribution in [3.05, 3.63) is 70.3 Å². The van der Waals surface area contributed by atoms with E-state index in [1.807, 2.05) is 18.2 Å². The number of carbonyl (C=O) groups excluding carboxylic acids is 1. The minimum Gasteiger partial charge on any atom is -0.497 e. The third-order valence-electron chi connectivity index (χ3n) is 4.35. The zero-order valence-corrected chi connectivity index (χ0v) is 16.9. The maximum atomic E-state index is 13.0. The number of hydrogen-bond acceptors (Lipinski definition) is 4. The lowest BCUT2D eigenvalue weighted by molar-refractivity contribution is -0.137. The molecule has 2 aromatic heterocycles. The Morgan fingerprint density at radius 3 is 2.77 bits per heavy atom. The number of hydrogen-bond donors (Lipinski definition) is 1. The van der Waals surface area contributed by atoms with Crippen molar-refractivity contribution in [3.8, 4) is 17.0 Å². The predicted octanol–water partition coefficient (Wildman–Crippen LogP) is 6.00. The highest BCUT2D eigenvalue weighted by Crippen LogP contribution is 2.34. The van der Waals surface area contributed by atoms with E-state index in [0.29, 0.717) is 16.4 Å². The lowest BCUT2D eigenvalue weighted by Crippen LogP contribution is -2.15. The van der Waals surface area contributed by atoms with Gasteiger partial charge in [-0.05, 0) is 30.3 Å². The molecule has 5 nitrogen and oxygen atoms in total. The third-order valence-corrected chi connectivity index (χ3v) is 5.52. The SMILES string of the molecule is COc1cccc(-c2cn3c(C(=O)Nc4cc(C(F)(F)F)ccc4Cl)csc3n2)c1. The quantitative estimate of drug-likeness (QED) is 0.414. The van der Waals surface area contributed by atoms with Gasteiger partial charge in [0.15, 0.2) is 4.96 Å². The Morgan fingerprint density at radius 1 is 1.23 bits per heavy atom. The largest absolute Gasteiger partial charge is 0.497 e. The van der Waals surface area contributed by atoms with E-state index < -0.39 is 17.6 Å². The molecule has 0 aliphatic heterocycles. The van der Waals surface area contributed by atoms with Crippen LogP contribution in [-0.4, -0.2) is 22.4 Å². The van der Waals surface area contributed by atoms with Crippen molar-refractivity contribution >= 4 is 39.5 Å². The van der Waals surface area contributed by atoms with Crippen LogP contribution in [0.3, 0.4) is 0 Å². The van der Waals surface area contributed by atoms with Crippen LogP contribution in [0.25, 0.3) is 16.2 Å². The molecule has 0 aliphatic carbocycles. The Balaban J connectivity index is 1.65. The summed E-state index contributed by atoms with van der Waals surface area (Å²) in [6, 6.07) is 10.1. The van der Waals surface area contributed by atoms with Crippen LogP contribution < -0.4 is 10.1 Å². The van der Waals surface area contributed by atoms with E-state index in [1.165, 1.54) is 11.3 Å². The Bertz CT molecular complexity index is 1250. The molecule has 154 valence electrons. The molecule has 4 aromatic rings. The van der Waals surface area contributed by atoms with Crippen molar-refractivity contribution in [1.82, 2.24) is 9.38 Å². The number of imidazole rings is 1. The van der Waals surface area contributed by atoms with Crippen molar-refractivity contribution in [2.45, 2.75) is 6.18 Å². The highest BCUT2D eigenvalue weighted by Gasteiger charge is 2.31. The Labute approximate surface area is 177 Å². The van der Waals surface area contributed by atoms with E-state index in [-0.39, 0.29) is 16.4 Å². The fourth-order valence-corrected chi connectivity index (χ4v) is 3.87. The van der Waals surface area contributed by atoms with Gasteiger partial charge >= 0.3 is 6.18 Å². The van der Waals surface area contributed by atoms with E-state index in [9.17, 15) is 18.0 Å². The summed E-state index contributed by atoms with van der Waals surface area (Å²) >= 11 is 7.21.